The number of nitrogens with zero attached hydrogens (tertiary/aromatic N) is 2. The molecule has 3 rings (SSSR count). The van der Waals surface area contributed by atoms with Gasteiger partial charge >= 0.3 is 5.97 Å². The van der Waals surface area contributed by atoms with E-state index in [2.05, 4.69) is 10.3 Å². The van der Waals surface area contributed by atoms with Crippen molar-refractivity contribution in [2.75, 3.05) is 25.5 Å². The van der Waals surface area contributed by atoms with E-state index in [9.17, 15) is 14.4 Å². The molecule has 3 aromatic rings. The fourth-order valence-corrected chi connectivity index (χ4v) is 3.21. The number of fused-ring (bicyclic) bond motifs is 1. The van der Waals surface area contributed by atoms with Gasteiger partial charge in [0.25, 0.3) is 5.91 Å². The van der Waals surface area contributed by atoms with Crippen LogP contribution in [-0.4, -0.2) is 47.9 Å². The number of nitrogens with one attached hydrogen (secondary N) is 1. The lowest BCUT2D eigenvalue weighted by molar-refractivity contribution is -0.136. The van der Waals surface area contributed by atoms with Crippen LogP contribution in [0.1, 0.15) is 35.8 Å². The van der Waals surface area contributed by atoms with E-state index in [1.165, 1.54) is 11.9 Å². The minimum absolute atomic E-state index is 0.121. The smallest absolute Gasteiger partial charge is 0.339 e. The molecular formula is C24H24ClN3O4. The van der Waals surface area contributed by atoms with E-state index in [1.807, 2.05) is 32.0 Å². The number of rotatable bonds is 7. The van der Waals surface area contributed by atoms with E-state index in [-0.39, 0.29) is 12.5 Å². The van der Waals surface area contributed by atoms with Crippen LogP contribution in [0, 0.1) is 0 Å². The highest BCUT2D eigenvalue weighted by atomic mass is 35.5. The molecule has 0 radical (unpaired) electrons. The van der Waals surface area contributed by atoms with Gasteiger partial charge in [-0.25, -0.2) is 4.79 Å². The van der Waals surface area contributed by atoms with Crippen LogP contribution < -0.4 is 5.32 Å². The number of anilines is 1. The Morgan fingerprint density at radius 1 is 1.09 bits per heavy atom. The first-order valence-electron chi connectivity index (χ1n) is 10.1. The summed E-state index contributed by atoms with van der Waals surface area (Å²) in [6.45, 7) is 3.27. The molecule has 0 saturated heterocycles. The Morgan fingerprint density at radius 3 is 2.50 bits per heavy atom. The van der Waals surface area contributed by atoms with Crippen LogP contribution in [0.25, 0.3) is 10.9 Å². The van der Waals surface area contributed by atoms with Crippen LogP contribution in [0.5, 0.6) is 0 Å². The zero-order valence-corrected chi connectivity index (χ0v) is 18.8. The van der Waals surface area contributed by atoms with Crippen molar-refractivity contribution in [3.05, 3.63) is 70.9 Å². The van der Waals surface area contributed by atoms with Crippen molar-refractivity contribution in [1.82, 2.24) is 9.88 Å². The number of hydrogen-bond acceptors (Lipinski definition) is 5. The number of carbonyl (C=O) groups is 3. The molecule has 0 atom stereocenters. The fraction of sp³-hybridized carbons (Fsp3) is 0.250. The summed E-state index contributed by atoms with van der Waals surface area (Å²) in [6.07, 6.45) is 0. The SMILES string of the molecule is CC(C)c1cc(C(=O)OCC(=O)N(C)CC(=O)Nc2ccccc2Cl)c2ccccc2n1. The maximum Gasteiger partial charge on any atom is 0.339 e. The number of aromatic nitrogens is 1. The number of likely N-dealkylation sites (N-methyl/N-ethyl adjacent to an activating group) is 1. The third kappa shape index (κ3) is 5.62. The monoisotopic (exact) mass is 453 g/mol. The first kappa shape index (κ1) is 23.2. The van der Waals surface area contributed by atoms with E-state index < -0.39 is 24.4 Å². The molecule has 0 saturated carbocycles. The minimum atomic E-state index is -0.618. The summed E-state index contributed by atoms with van der Waals surface area (Å²) < 4.78 is 5.26. The van der Waals surface area contributed by atoms with Crippen molar-refractivity contribution < 1.29 is 19.1 Å². The van der Waals surface area contributed by atoms with E-state index in [4.69, 9.17) is 16.3 Å². The summed E-state index contributed by atoms with van der Waals surface area (Å²) >= 11 is 6.03. The number of halogens is 1. The molecule has 0 aliphatic rings. The molecule has 8 heteroatoms. The van der Waals surface area contributed by atoms with Gasteiger partial charge in [-0.2, -0.15) is 0 Å². The quantitative estimate of drug-likeness (QED) is 0.540. The van der Waals surface area contributed by atoms with Gasteiger partial charge in [-0.05, 0) is 30.2 Å². The maximum atomic E-state index is 12.7. The Kier molecular flexibility index (Phi) is 7.43. The van der Waals surface area contributed by atoms with Gasteiger partial charge < -0.3 is 15.0 Å². The van der Waals surface area contributed by atoms with E-state index in [1.54, 1.807) is 36.4 Å². The Morgan fingerprint density at radius 2 is 1.78 bits per heavy atom. The first-order valence-corrected chi connectivity index (χ1v) is 10.5. The van der Waals surface area contributed by atoms with E-state index in [0.29, 0.717) is 27.2 Å². The van der Waals surface area contributed by atoms with E-state index in [0.717, 1.165) is 5.69 Å². The highest BCUT2D eigenvalue weighted by Crippen LogP contribution is 2.23. The highest BCUT2D eigenvalue weighted by molar-refractivity contribution is 6.33. The predicted molar refractivity (Wildman–Crippen MR) is 124 cm³/mol. The van der Waals surface area contributed by atoms with Crippen molar-refractivity contribution >= 4 is 46.0 Å². The number of amides is 2. The van der Waals surface area contributed by atoms with Gasteiger partial charge in [-0.15, -0.1) is 0 Å². The van der Waals surface area contributed by atoms with Gasteiger partial charge in [0.1, 0.15) is 0 Å². The van der Waals surface area contributed by atoms with Gasteiger partial charge in [0.2, 0.25) is 5.91 Å². The lowest BCUT2D eigenvalue weighted by Crippen LogP contribution is -2.37. The Balaban J connectivity index is 1.62. The van der Waals surface area contributed by atoms with Crippen molar-refractivity contribution in [1.29, 1.82) is 0 Å². The number of hydrogen-bond donors (Lipinski definition) is 1. The summed E-state index contributed by atoms with van der Waals surface area (Å²) in [6, 6.07) is 15.8. The molecule has 0 spiro atoms. The molecule has 1 N–H and O–H groups in total. The number of benzene rings is 2. The van der Waals surface area contributed by atoms with Crippen LogP contribution >= 0.6 is 11.6 Å². The molecule has 1 aromatic heterocycles. The molecule has 166 valence electrons. The third-order valence-corrected chi connectivity index (χ3v) is 5.16. The largest absolute Gasteiger partial charge is 0.452 e. The zero-order valence-electron chi connectivity index (χ0n) is 18.1. The summed E-state index contributed by atoms with van der Waals surface area (Å²) in [7, 11) is 1.46. The zero-order chi connectivity index (χ0) is 23.3. The van der Waals surface area contributed by atoms with Crippen molar-refractivity contribution in [2.45, 2.75) is 19.8 Å². The van der Waals surface area contributed by atoms with Crippen molar-refractivity contribution in [3.63, 3.8) is 0 Å². The Hall–Kier alpha value is -3.45. The standard InChI is InChI=1S/C24H24ClN3O4/c1-15(2)21-12-17(16-8-4-6-10-19(16)26-21)24(31)32-14-23(30)28(3)13-22(29)27-20-11-7-5-9-18(20)25/h4-12,15H,13-14H2,1-3H3,(H,27,29). The summed E-state index contributed by atoms with van der Waals surface area (Å²) in [5, 5.41) is 3.70. The van der Waals surface area contributed by atoms with Crippen LogP contribution in [0.3, 0.4) is 0 Å². The number of pyridine rings is 1. The summed E-state index contributed by atoms with van der Waals surface area (Å²) in [5.74, 6) is -1.42. The van der Waals surface area contributed by atoms with Crippen LogP contribution in [0.2, 0.25) is 5.02 Å². The Labute approximate surface area is 191 Å². The summed E-state index contributed by atoms with van der Waals surface area (Å²) in [4.78, 5) is 43.1. The molecule has 0 aliphatic carbocycles. The van der Waals surface area contributed by atoms with Gasteiger partial charge in [0.05, 0.1) is 28.3 Å². The normalized spacial score (nSPS) is 10.8. The lowest BCUT2D eigenvalue weighted by atomic mass is 10.0. The Bertz CT molecular complexity index is 1160. The number of ether oxygens (including phenoxy) is 1. The molecule has 0 bridgehead atoms. The highest BCUT2D eigenvalue weighted by Gasteiger charge is 2.19. The second kappa shape index (κ2) is 10.2. The maximum absolute atomic E-state index is 12.7. The molecule has 0 unspecified atom stereocenters. The number of esters is 1. The molecule has 2 aromatic carbocycles. The second-order valence-corrected chi connectivity index (χ2v) is 8.03. The molecule has 7 nitrogen and oxygen atoms in total. The molecule has 2 amide bonds. The van der Waals surface area contributed by atoms with Crippen molar-refractivity contribution in [2.24, 2.45) is 0 Å². The number of carbonyl (C=O) groups excluding carboxylic acids is 3. The first-order chi connectivity index (χ1) is 15.3. The predicted octanol–water partition coefficient (Wildman–Crippen LogP) is 4.27. The average Bonchev–Trinajstić information content (AvgIpc) is 2.77. The average molecular weight is 454 g/mol. The van der Waals surface area contributed by atoms with Gasteiger partial charge in [-0.3, -0.25) is 14.6 Å². The molecule has 0 fully saturated rings. The molecular weight excluding hydrogens is 430 g/mol. The second-order valence-electron chi connectivity index (χ2n) is 7.62. The fourth-order valence-electron chi connectivity index (χ4n) is 3.03. The molecule has 32 heavy (non-hydrogen) atoms. The van der Waals surface area contributed by atoms with Crippen LogP contribution in [-0.2, 0) is 14.3 Å². The van der Waals surface area contributed by atoms with E-state index >= 15 is 0 Å². The summed E-state index contributed by atoms with van der Waals surface area (Å²) in [5.41, 5.74) is 2.25. The number of para-hydroxylation sites is 2. The molecule has 0 aliphatic heterocycles. The third-order valence-electron chi connectivity index (χ3n) is 4.83. The van der Waals surface area contributed by atoms with Gasteiger partial charge in [-0.1, -0.05) is 55.8 Å². The van der Waals surface area contributed by atoms with Crippen molar-refractivity contribution in [3.8, 4) is 0 Å². The lowest BCUT2D eigenvalue weighted by Gasteiger charge is -2.17. The topological polar surface area (TPSA) is 88.6 Å². The van der Waals surface area contributed by atoms with Crippen LogP contribution in [0.15, 0.2) is 54.6 Å². The van der Waals surface area contributed by atoms with Crippen LogP contribution in [0.4, 0.5) is 5.69 Å². The molecule has 1 heterocycles. The van der Waals surface area contributed by atoms with Gasteiger partial charge in [0, 0.05) is 18.1 Å². The minimum Gasteiger partial charge on any atom is -0.452 e. The van der Waals surface area contributed by atoms with Gasteiger partial charge in [0.15, 0.2) is 6.61 Å².